The number of methoxy groups -OCH3 is 1. The van der Waals surface area contributed by atoms with Crippen molar-refractivity contribution in [2.45, 2.75) is 13.5 Å². The molecule has 2 amide bonds. The van der Waals surface area contributed by atoms with Crippen molar-refractivity contribution in [1.82, 2.24) is 0 Å². The van der Waals surface area contributed by atoms with E-state index in [2.05, 4.69) is 10.6 Å². The van der Waals surface area contributed by atoms with Crippen LogP contribution in [0.5, 0.6) is 11.5 Å². The van der Waals surface area contributed by atoms with Gasteiger partial charge in [0.25, 0.3) is 5.91 Å². The highest BCUT2D eigenvalue weighted by atomic mass is 32.1. The molecule has 0 aliphatic carbocycles. The van der Waals surface area contributed by atoms with Gasteiger partial charge in [0.1, 0.15) is 23.0 Å². The molecule has 0 saturated heterocycles. The molecule has 0 bridgehead atoms. The number of anilines is 2. The molecule has 8 nitrogen and oxygen atoms in total. The number of rotatable bonds is 6. The highest BCUT2D eigenvalue weighted by molar-refractivity contribution is 7.17. The highest BCUT2D eigenvalue weighted by Gasteiger charge is 2.23. The van der Waals surface area contributed by atoms with Gasteiger partial charge in [-0.05, 0) is 36.4 Å². The van der Waals surface area contributed by atoms with Crippen molar-refractivity contribution in [3.05, 3.63) is 59.0 Å². The molecule has 32 heavy (non-hydrogen) atoms. The number of nitrogens with one attached hydrogen (secondary N) is 2. The molecule has 3 aromatic rings. The van der Waals surface area contributed by atoms with E-state index in [1.165, 1.54) is 25.4 Å². The van der Waals surface area contributed by atoms with Gasteiger partial charge in [-0.2, -0.15) is 0 Å². The lowest BCUT2D eigenvalue weighted by atomic mass is 10.1. The summed E-state index contributed by atoms with van der Waals surface area (Å²) in [5.74, 6) is -0.185. The Kier molecular flexibility index (Phi) is 6.09. The first-order valence-electron chi connectivity index (χ1n) is 9.72. The van der Waals surface area contributed by atoms with Gasteiger partial charge in [-0.15, -0.1) is 11.3 Å². The van der Waals surface area contributed by atoms with E-state index in [0.717, 1.165) is 21.8 Å². The van der Waals surface area contributed by atoms with Crippen molar-refractivity contribution in [3.8, 4) is 21.9 Å². The zero-order chi connectivity index (χ0) is 22.7. The molecule has 0 unspecified atom stereocenters. The molecule has 1 aromatic heterocycles. The average molecular weight is 452 g/mol. The van der Waals surface area contributed by atoms with E-state index in [0.29, 0.717) is 28.6 Å². The van der Waals surface area contributed by atoms with Crippen LogP contribution in [0.1, 0.15) is 22.2 Å². The maximum Gasteiger partial charge on any atom is 0.348 e. The first kappa shape index (κ1) is 21.4. The van der Waals surface area contributed by atoms with E-state index in [-0.39, 0.29) is 5.91 Å². The summed E-state index contributed by atoms with van der Waals surface area (Å²) >= 11 is 1.31. The monoisotopic (exact) mass is 452 g/mol. The fourth-order valence-corrected chi connectivity index (χ4v) is 4.37. The minimum absolute atomic E-state index is 0.243. The molecular weight excluding hydrogens is 432 g/mol. The predicted molar refractivity (Wildman–Crippen MR) is 120 cm³/mol. The molecule has 2 aromatic carbocycles. The van der Waals surface area contributed by atoms with Crippen molar-refractivity contribution in [3.63, 3.8) is 0 Å². The van der Waals surface area contributed by atoms with Crippen LogP contribution in [-0.4, -0.2) is 31.5 Å². The molecular formula is C23H20N2O6S. The lowest BCUT2D eigenvalue weighted by molar-refractivity contribution is -0.119. The maximum atomic E-state index is 12.5. The zero-order valence-electron chi connectivity index (χ0n) is 17.4. The zero-order valence-corrected chi connectivity index (χ0v) is 18.2. The topological polar surface area (TPSA) is 103 Å². The maximum absolute atomic E-state index is 12.5. The van der Waals surface area contributed by atoms with E-state index in [1.807, 2.05) is 24.3 Å². The van der Waals surface area contributed by atoms with Crippen LogP contribution in [0, 0.1) is 0 Å². The van der Waals surface area contributed by atoms with E-state index in [9.17, 15) is 14.4 Å². The molecule has 0 spiro atoms. The van der Waals surface area contributed by atoms with Gasteiger partial charge in [0.2, 0.25) is 5.91 Å². The van der Waals surface area contributed by atoms with Gasteiger partial charge in [0, 0.05) is 28.6 Å². The van der Waals surface area contributed by atoms with Crippen molar-refractivity contribution in [2.24, 2.45) is 0 Å². The van der Waals surface area contributed by atoms with Crippen LogP contribution in [0.2, 0.25) is 0 Å². The van der Waals surface area contributed by atoms with Gasteiger partial charge >= 0.3 is 5.97 Å². The molecule has 4 rings (SSSR count). The smallest absolute Gasteiger partial charge is 0.348 e. The quantitative estimate of drug-likeness (QED) is 0.547. The number of para-hydroxylation sites is 1. The molecule has 0 atom stereocenters. The predicted octanol–water partition coefficient (Wildman–Crippen LogP) is 4.07. The summed E-state index contributed by atoms with van der Waals surface area (Å²) < 4.78 is 16.2. The number of esters is 1. The molecule has 2 heterocycles. The molecule has 1 aliphatic rings. The number of carbonyl (C=O) groups excluding carboxylic acids is 3. The summed E-state index contributed by atoms with van der Waals surface area (Å²) in [4.78, 5) is 37.5. The van der Waals surface area contributed by atoms with E-state index in [1.54, 1.807) is 24.3 Å². The fraction of sp³-hybridized carbons (Fsp3) is 0.174. The fourth-order valence-electron chi connectivity index (χ4n) is 3.28. The van der Waals surface area contributed by atoms with Gasteiger partial charge in [0.05, 0.1) is 12.8 Å². The highest BCUT2D eigenvalue weighted by Crippen LogP contribution is 2.42. The first-order valence-corrected chi connectivity index (χ1v) is 10.5. The van der Waals surface area contributed by atoms with E-state index in [4.69, 9.17) is 14.2 Å². The Bertz CT molecular complexity index is 1200. The number of ether oxygens (including phenoxy) is 3. The number of hydrogen-bond donors (Lipinski definition) is 2. The molecule has 0 saturated carbocycles. The van der Waals surface area contributed by atoms with Crippen LogP contribution in [0.15, 0.2) is 48.5 Å². The van der Waals surface area contributed by atoms with Crippen LogP contribution >= 0.6 is 11.3 Å². The van der Waals surface area contributed by atoms with Gasteiger partial charge in [-0.25, -0.2) is 4.79 Å². The molecule has 0 fully saturated rings. The second-order valence-corrected chi connectivity index (χ2v) is 8.02. The van der Waals surface area contributed by atoms with Gasteiger partial charge in [0.15, 0.2) is 6.61 Å². The number of carbonyl (C=O) groups is 3. The minimum Gasteiger partial charge on any atom is -0.495 e. The normalized spacial score (nSPS) is 11.4. The third-order valence-corrected chi connectivity index (χ3v) is 5.84. The van der Waals surface area contributed by atoms with E-state index < -0.39 is 18.5 Å². The Morgan fingerprint density at radius 3 is 2.69 bits per heavy atom. The molecule has 9 heteroatoms. The summed E-state index contributed by atoms with van der Waals surface area (Å²) in [6, 6.07) is 14.2. The van der Waals surface area contributed by atoms with Crippen LogP contribution in [-0.2, 0) is 20.9 Å². The summed E-state index contributed by atoms with van der Waals surface area (Å²) in [6.07, 6.45) is 0. The van der Waals surface area contributed by atoms with E-state index >= 15 is 0 Å². The van der Waals surface area contributed by atoms with Crippen LogP contribution < -0.4 is 20.1 Å². The van der Waals surface area contributed by atoms with Crippen molar-refractivity contribution in [1.29, 1.82) is 0 Å². The number of benzene rings is 2. The second-order valence-electron chi connectivity index (χ2n) is 6.97. The van der Waals surface area contributed by atoms with Crippen LogP contribution in [0.3, 0.4) is 0 Å². The summed E-state index contributed by atoms with van der Waals surface area (Å²) in [5, 5.41) is 5.27. The van der Waals surface area contributed by atoms with Crippen LogP contribution in [0.4, 0.5) is 11.4 Å². The lowest BCUT2D eigenvalue weighted by Gasteiger charge is -2.16. The molecule has 1 aliphatic heterocycles. The van der Waals surface area contributed by atoms with Gasteiger partial charge in [-0.3, -0.25) is 9.59 Å². The van der Waals surface area contributed by atoms with Gasteiger partial charge in [-0.1, -0.05) is 12.1 Å². The Morgan fingerprint density at radius 2 is 1.91 bits per heavy atom. The minimum atomic E-state index is -0.587. The van der Waals surface area contributed by atoms with Crippen molar-refractivity contribution >= 4 is 40.5 Å². The second kappa shape index (κ2) is 9.11. The average Bonchev–Trinajstić information content (AvgIpc) is 3.22. The summed E-state index contributed by atoms with van der Waals surface area (Å²) in [7, 11) is 1.46. The Labute approximate surface area is 188 Å². The number of fused-ring (bicyclic) bond motifs is 3. The van der Waals surface area contributed by atoms with Crippen LogP contribution in [0.25, 0.3) is 10.4 Å². The molecule has 0 radical (unpaired) electrons. The SMILES string of the molecule is COc1ccc(NC(C)=O)cc1NC(=O)COC(=O)c1cc2c(s1)-c1ccccc1OC2. The Morgan fingerprint density at radius 1 is 1.09 bits per heavy atom. The Hall–Kier alpha value is -3.85. The number of thiophene rings is 1. The molecule has 164 valence electrons. The third kappa shape index (κ3) is 4.57. The standard InChI is InChI=1S/C23H20N2O6S/c1-13(26)24-15-7-8-19(29-2)17(10-15)25-21(27)12-31-23(28)20-9-14-11-30-18-6-4-3-5-16(18)22(14)32-20/h3-10H,11-12H2,1-2H3,(H,24,26)(H,25,27). The molecule has 2 N–H and O–H groups in total. The summed E-state index contributed by atoms with van der Waals surface area (Å²) in [6.45, 7) is 1.29. The van der Waals surface area contributed by atoms with Crippen molar-refractivity contribution < 1.29 is 28.6 Å². The lowest BCUT2D eigenvalue weighted by Crippen LogP contribution is -2.21. The van der Waals surface area contributed by atoms with Crippen molar-refractivity contribution in [2.75, 3.05) is 24.4 Å². The number of hydrogen-bond acceptors (Lipinski definition) is 7. The first-order chi connectivity index (χ1) is 15.4. The summed E-state index contributed by atoms with van der Waals surface area (Å²) in [5.41, 5.74) is 2.68. The number of amides is 2. The Balaban J connectivity index is 1.41. The third-order valence-electron chi connectivity index (χ3n) is 4.65. The largest absolute Gasteiger partial charge is 0.495 e. The van der Waals surface area contributed by atoms with Gasteiger partial charge < -0.3 is 24.8 Å².